The number of nitrogen functional groups attached to an aromatic ring is 1. The van der Waals surface area contributed by atoms with Crippen molar-refractivity contribution in [3.63, 3.8) is 0 Å². The molecular formula is C15H20N4O2. The lowest BCUT2D eigenvalue weighted by Gasteiger charge is -2.09. The molecule has 2 aromatic heterocycles. The fourth-order valence-electron chi connectivity index (χ4n) is 2.16. The van der Waals surface area contributed by atoms with E-state index >= 15 is 0 Å². The van der Waals surface area contributed by atoms with E-state index in [9.17, 15) is 4.79 Å². The maximum atomic E-state index is 11.9. The number of carbonyl (C=O) groups excluding carboxylic acids is 1. The van der Waals surface area contributed by atoms with Crippen molar-refractivity contribution in [2.45, 2.75) is 33.7 Å². The SMILES string of the molecule is CCOC(=O)c1nc(CC)n(Cc2cccc(C)n2)c1N. The molecule has 112 valence electrons. The second-order valence-electron chi connectivity index (χ2n) is 4.69. The largest absolute Gasteiger partial charge is 0.461 e. The Morgan fingerprint density at radius 3 is 2.71 bits per heavy atom. The number of hydrogen-bond donors (Lipinski definition) is 1. The van der Waals surface area contributed by atoms with Crippen LogP contribution in [0.4, 0.5) is 5.82 Å². The second kappa shape index (κ2) is 6.39. The van der Waals surface area contributed by atoms with E-state index in [1.165, 1.54) is 0 Å². The van der Waals surface area contributed by atoms with Crippen LogP contribution in [0, 0.1) is 6.92 Å². The molecule has 0 aliphatic heterocycles. The van der Waals surface area contributed by atoms with Crippen molar-refractivity contribution in [1.29, 1.82) is 0 Å². The summed E-state index contributed by atoms with van der Waals surface area (Å²) in [6.45, 7) is 6.44. The molecule has 21 heavy (non-hydrogen) atoms. The number of anilines is 1. The molecule has 0 aromatic carbocycles. The van der Waals surface area contributed by atoms with Gasteiger partial charge in [-0.3, -0.25) is 4.98 Å². The molecule has 6 nitrogen and oxygen atoms in total. The quantitative estimate of drug-likeness (QED) is 0.850. The van der Waals surface area contributed by atoms with Crippen LogP contribution in [0.25, 0.3) is 0 Å². The molecule has 0 bridgehead atoms. The third kappa shape index (κ3) is 3.21. The second-order valence-corrected chi connectivity index (χ2v) is 4.69. The summed E-state index contributed by atoms with van der Waals surface area (Å²) in [5.41, 5.74) is 8.07. The fourth-order valence-corrected chi connectivity index (χ4v) is 2.16. The highest BCUT2D eigenvalue weighted by atomic mass is 16.5. The van der Waals surface area contributed by atoms with Crippen LogP contribution in [-0.2, 0) is 17.7 Å². The highest BCUT2D eigenvalue weighted by Crippen LogP contribution is 2.18. The molecule has 2 aromatic rings. The molecule has 0 fully saturated rings. The van der Waals surface area contributed by atoms with Gasteiger partial charge in [0.25, 0.3) is 0 Å². The van der Waals surface area contributed by atoms with Gasteiger partial charge in [-0.2, -0.15) is 0 Å². The molecule has 0 spiro atoms. The minimum Gasteiger partial charge on any atom is -0.461 e. The first-order valence-corrected chi connectivity index (χ1v) is 7.01. The monoisotopic (exact) mass is 288 g/mol. The highest BCUT2D eigenvalue weighted by molar-refractivity contribution is 5.92. The molecule has 0 atom stereocenters. The minimum absolute atomic E-state index is 0.182. The zero-order valence-corrected chi connectivity index (χ0v) is 12.6. The molecule has 0 saturated heterocycles. The number of esters is 1. The Bertz CT molecular complexity index is 649. The van der Waals surface area contributed by atoms with Gasteiger partial charge in [-0.25, -0.2) is 9.78 Å². The highest BCUT2D eigenvalue weighted by Gasteiger charge is 2.21. The lowest BCUT2D eigenvalue weighted by atomic mass is 10.3. The first-order chi connectivity index (χ1) is 10.1. The molecule has 2 N–H and O–H groups in total. The summed E-state index contributed by atoms with van der Waals surface area (Å²) >= 11 is 0. The van der Waals surface area contributed by atoms with E-state index in [1.807, 2.05) is 36.6 Å². The Kier molecular flexibility index (Phi) is 4.57. The van der Waals surface area contributed by atoms with E-state index in [-0.39, 0.29) is 5.69 Å². The topological polar surface area (TPSA) is 83.0 Å². The zero-order valence-electron chi connectivity index (χ0n) is 12.6. The summed E-state index contributed by atoms with van der Waals surface area (Å²) in [6, 6.07) is 5.81. The summed E-state index contributed by atoms with van der Waals surface area (Å²) in [5, 5.41) is 0. The van der Waals surface area contributed by atoms with Crippen molar-refractivity contribution >= 4 is 11.8 Å². The Morgan fingerprint density at radius 2 is 2.10 bits per heavy atom. The molecular weight excluding hydrogens is 268 g/mol. The van der Waals surface area contributed by atoms with Gasteiger partial charge >= 0.3 is 5.97 Å². The van der Waals surface area contributed by atoms with E-state index in [2.05, 4.69) is 9.97 Å². The first-order valence-electron chi connectivity index (χ1n) is 7.01. The number of rotatable bonds is 5. The number of imidazole rings is 1. The average molecular weight is 288 g/mol. The van der Waals surface area contributed by atoms with Gasteiger partial charge in [-0.05, 0) is 26.0 Å². The molecule has 0 aliphatic rings. The van der Waals surface area contributed by atoms with Crippen LogP contribution in [0.5, 0.6) is 0 Å². The number of aryl methyl sites for hydroxylation is 2. The number of hydrogen-bond acceptors (Lipinski definition) is 5. The molecule has 6 heteroatoms. The number of nitrogens with zero attached hydrogens (tertiary/aromatic N) is 3. The van der Waals surface area contributed by atoms with Crippen molar-refractivity contribution in [2.24, 2.45) is 0 Å². The maximum Gasteiger partial charge on any atom is 0.360 e. The summed E-state index contributed by atoms with van der Waals surface area (Å²) in [5.74, 6) is 0.591. The van der Waals surface area contributed by atoms with Crippen LogP contribution in [0.1, 0.15) is 41.5 Å². The van der Waals surface area contributed by atoms with Crippen molar-refractivity contribution in [2.75, 3.05) is 12.3 Å². The first kappa shape index (κ1) is 15.0. The molecule has 2 rings (SSSR count). The fraction of sp³-hybridized carbons (Fsp3) is 0.400. The van der Waals surface area contributed by atoms with Crippen LogP contribution in [0.3, 0.4) is 0 Å². The third-order valence-corrected chi connectivity index (χ3v) is 3.14. The lowest BCUT2D eigenvalue weighted by molar-refractivity contribution is 0.0521. The zero-order chi connectivity index (χ0) is 15.4. The van der Waals surface area contributed by atoms with Crippen LogP contribution in [0.2, 0.25) is 0 Å². The normalized spacial score (nSPS) is 10.6. The lowest BCUT2D eigenvalue weighted by Crippen LogP contribution is -2.11. The van der Waals surface area contributed by atoms with Gasteiger partial charge in [0.05, 0.1) is 18.8 Å². The summed E-state index contributed by atoms with van der Waals surface area (Å²) in [6.07, 6.45) is 0.676. The number of nitrogens with two attached hydrogens (primary N) is 1. The maximum absolute atomic E-state index is 11.9. The van der Waals surface area contributed by atoms with Gasteiger partial charge in [0.2, 0.25) is 0 Å². The Labute approximate surface area is 124 Å². The minimum atomic E-state index is -0.486. The standard InChI is InChI=1S/C15H20N4O2/c1-4-12-18-13(15(20)21-5-2)14(16)19(12)9-11-8-6-7-10(3)17-11/h6-8H,4-5,9,16H2,1-3H3. The van der Waals surface area contributed by atoms with Gasteiger partial charge in [-0.1, -0.05) is 13.0 Å². The van der Waals surface area contributed by atoms with Crippen LogP contribution in [-0.4, -0.2) is 27.1 Å². The van der Waals surface area contributed by atoms with E-state index in [0.29, 0.717) is 25.4 Å². The van der Waals surface area contributed by atoms with Gasteiger partial charge in [-0.15, -0.1) is 0 Å². The number of ether oxygens (including phenoxy) is 1. The van der Waals surface area contributed by atoms with Gasteiger partial charge in [0, 0.05) is 12.1 Å². The molecule has 0 unspecified atom stereocenters. The van der Waals surface area contributed by atoms with Crippen molar-refractivity contribution in [3.8, 4) is 0 Å². The Morgan fingerprint density at radius 1 is 1.33 bits per heavy atom. The molecule has 0 saturated carbocycles. The van der Waals surface area contributed by atoms with Crippen molar-refractivity contribution < 1.29 is 9.53 Å². The van der Waals surface area contributed by atoms with E-state index in [1.54, 1.807) is 6.92 Å². The summed E-state index contributed by atoms with van der Waals surface area (Å²) < 4.78 is 6.79. The summed E-state index contributed by atoms with van der Waals surface area (Å²) in [7, 11) is 0. The van der Waals surface area contributed by atoms with E-state index in [4.69, 9.17) is 10.5 Å². The molecule has 0 radical (unpaired) electrons. The average Bonchev–Trinajstić information content (AvgIpc) is 2.76. The van der Waals surface area contributed by atoms with Gasteiger partial charge in [0.1, 0.15) is 11.6 Å². The van der Waals surface area contributed by atoms with Gasteiger partial charge in [0.15, 0.2) is 5.69 Å². The molecule has 0 amide bonds. The predicted molar refractivity (Wildman–Crippen MR) is 80.0 cm³/mol. The summed E-state index contributed by atoms with van der Waals surface area (Å²) in [4.78, 5) is 20.6. The molecule has 2 heterocycles. The third-order valence-electron chi connectivity index (χ3n) is 3.14. The number of carbonyl (C=O) groups is 1. The van der Waals surface area contributed by atoms with E-state index in [0.717, 1.165) is 17.2 Å². The van der Waals surface area contributed by atoms with Crippen LogP contribution in [0.15, 0.2) is 18.2 Å². The van der Waals surface area contributed by atoms with Crippen LogP contribution >= 0.6 is 0 Å². The Hall–Kier alpha value is -2.37. The molecule has 0 aliphatic carbocycles. The number of pyridine rings is 1. The van der Waals surface area contributed by atoms with Crippen molar-refractivity contribution in [1.82, 2.24) is 14.5 Å². The Balaban J connectivity index is 2.36. The van der Waals surface area contributed by atoms with Crippen molar-refractivity contribution in [3.05, 3.63) is 41.1 Å². The van der Waals surface area contributed by atoms with Crippen LogP contribution < -0.4 is 5.73 Å². The number of aromatic nitrogens is 3. The van der Waals surface area contributed by atoms with Gasteiger partial charge < -0.3 is 15.0 Å². The smallest absolute Gasteiger partial charge is 0.360 e. The predicted octanol–water partition coefficient (Wildman–Crippen LogP) is 1.96. The van der Waals surface area contributed by atoms with E-state index < -0.39 is 5.97 Å².